The Hall–Kier alpha value is -3.94. The summed E-state index contributed by atoms with van der Waals surface area (Å²) in [5, 5.41) is 14.9. The van der Waals surface area contributed by atoms with E-state index in [1.165, 1.54) is 18.2 Å². The molecular weight excluding hydrogens is 372 g/mol. The second-order valence-corrected chi connectivity index (χ2v) is 6.30. The molecule has 148 valence electrons. The van der Waals surface area contributed by atoms with Crippen molar-refractivity contribution in [2.75, 3.05) is 6.61 Å². The van der Waals surface area contributed by atoms with E-state index in [1.54, 1.807) is 12.3 Å². The zero-order chi connectivity index (χ0) is 20.8. The first-order chi connectivity index (χ1) is 14.0. The van der Waals surface area contributed by atoms with Crippen molar-refractivity contribution in [2.24, 2.45) is 5.10 Å². The third kappa shape index (κ3) is 4.67. The van der Waals surface area contributed by atoms with Gasteiger partial charge < -0.3 is 9.30 Å². The molecule has 1 amide bonds. The van der Waals surface area contributed by atoms with Crippen LogP contribution in [0.15, 0.2) is 65.8 Å². The Balaban J connectivity index is 1.62. The van der Waals surface area contributed by atoms with Gasteiger partial charge >= 0.3 is 5.69 Å². The molecule has 0 spiro atoms. The van der Waals surface area contributed by atoms with Gasteiger partial charge in [0.2, 0.25) is 0 Å². The number of hydrogen-bond acceptors (Lipinski definition) is 5. The molecule has 0 saturated heterocycles. The number of rotatable bonds is 7. The van der Waals surface area contributed by atoms with Crippen LogP contribution in [-0.2, 0) is 4.79 Å². The Kier molecular flexibility index (Phi) is 6.03. The highest BCUT2D eigenvalue weighted by molar-refractivity contribution is 5.84. The fourth-order valence-electron chi connectivity index (χ4n) is 2.97. The number of nitrogens with one attached hydrogen (secondary N) is 1. The van der Waals surface area contributed by atoms with Gasteiger partial charge in [-0.15, -0.1) is 0 Å². The van der Waals surface area contributed by atoms with Crippen LogP contribution >= 0.6 is 0 Å². The number of aromatic nitrogens is 1. The zero-order valence-electron chi connectivity index (χ0n) is 16.0. The summed E-state index contributed by atoms with van der Waals surface area (Å²) in [7, 11) is 0. The molecule has 8 nitrogen and oxygen atoms in total. The summed E-state index contributed by atoms with van der Waals surface area (Å²) >= 11 is 0. The number of hydrogen-bond donors (Lipinski definition) is 1. The predicted molar refractivity (Wildman–Crippen MR) is 110 cm³/mol. The van der Waals surface area contributed by atoms with Crippen molar-refractivity contribution >= 4 is 17.8 Å². The van der Waals surface area contributed by atoms with Gasteiger partial charge in [0.15, 0.2) is 12.4 Å². The van der Waals surface area contributed by atoms with Crippen LogP contribution in [0.5, 0.6) is 5.75 Å². The second-order valence-electron chi connectivity index (χ2n) is 6.30. The fourth-order valence-corrected chi connectivity index (χ4v) is 2.97. The number of hydrazone groups is 1. The summed E-state index contributed by atoms with van der Waals surface area (Å²) in [6.45, 7) is 3.59. The first-order valence-electron chi connectivity index (χ1n) is 8.90. The molecule has 1 heterocycles. The number of aryl methyl sites for hydroxylation is 1. The van der Waals surface area contributed by atoms with Crippen LogP contribution in [0.1, 0.15) is 17.0 Å². The number of nitro groups is 1. The minimum absolute atomic E-state index is 0.0306. The smallest absolute Gasteiger partial charge is 0.310 e. The van der Waals surface area contributed by atoms with Crippen LogP contribution < -0.4 is 10.2 Å². The van der Waals surface area contributed by atoms with Gasteiger partial charge in [-0.25, -0.2) is 5.43 Å². The highest BCUT2D eigenvalue weighted by Gasteiger charge is 2.15. The number of nitrogens with zero attached hydrogens (tertiary/aromatic N) is 3. The number of ether oxygens (including phenoxy) is 1. The molecule has 0 bridgehead atoms. The van der Waals surface area contributed by atoms with Crippen molar-refractivity contribution < 1.29 is 14.5 Å². The van der Waals surface area contributed by atoms with Crippen LogP contribution in [0.4, 0.5) is 5.69 Å². The van der Waals surface area contributed by atoms with Gasteiger partial charge in [-0.05, 0) is 38.1 Å². The van der Waals surface area contributed by atoms with Crippen LogP contribution in [0, 0.1) is 24.0 Å². The third-order valence-corrected chi connectivity index (χ3v) is 4.30. The lowest BCUT2D eigenvalue weighted by Gasteiger charge is -2.09. The Morgan fingerprint density at radius 3 is 2.59 bits per heavy atom. The van der Waals surface area contributed by atoms with E-state index < -0.39 is 10.8 Å². The van der Waals surface area contributed by atoms with Crippen LogP contribution in [-0.4, -0.2) is 28.2 Å². The topological polar surface area (TPSA) is 98.8 Å². The molecule has 1 aromatic heterocycles. The average Bonchev–Trinajstić information content (AvgIpc) is 3.00. The first kappa shape index (κ1) is 19.8. The van der Waals surface area contributed by atoms with Gasteiger partial charge in [-0.2, -0.15) is 5.10 Å². The lowest BCUT2D eigenvalue weighted by molar-refractivity contribution is -0.385. The molecular formula is C21H20N4O4. The van der Waals surface area contributed by atoms with Crippen molar-refractivity contribution in [3.8, 4) is 11.4 Å². The number of carbonyl (C=O) groups excluding carboxylic acids is 1. The highest BCUT2D eigenvalue weighted by atomic mass is 16.6. The van der Waals surface area contributed by atoms with Crippen molar-refractivity contribution in [3.05, 3.63) is 87.7 Å². The van der Waals surface area contributed by atoms with Gasteiger partial charge in [0.05, 0.1) is 11.1 Å². The van der Waals surface area contributed by atoms with Crippen molar-refractivity contribution in [2.45, 2.75) is 13.8 Å². The Labute approximate surface area is 167 Å². The van der Waals surface area contributed by atoms with E-state index in [2.05, 4.69) is 15.1 Å². The molecule has 2 aromatic carbocycles. The van der Waals surface area contributed by atoms with Crippen LogP contribution in [0.25, 0.3) is 5.69 Å². The van der Waals surface area contributed by atoms with Gasteiger partial charge in [-0.1, -0.05) is 30.3 Å². The minimum Gasteiger partial charge on any atom is -0.477 e. The van der Waals surface area contributed by atoms with Gasteiger partial charge in [0, 0.05) is 28.7 Å². The maximum Gasteiger partial charge on any atom is 0.310 e. The molecule has 0 saturated carbocycles. The SMILES string of the molecule is Cc1cc(/C=N/NC(=O)COc2ccccc2[N+](=O)[O-])c(C)n1-c1ccccc1. The van der Waals surface area contributed by atoms with E-state index in [-0.39, 0.29) is 18.0 Å². The molecule has 1 N–H and O–H groups in total. The first-order valence-corrected chi connectivity index (χ1v) is 8.90. The molecule has 0 aliphatic rings. The molecule has 29 heavy (non-hydrogen) atoms. The molecule has 0 unspecified atom stereocenters. The third-order valence-electron chi connectivity index (χ3n) is 4.30. The Bertz CT molecular complexity index is 1060. The van der Waals surface area contributed by atoms with Crippen molar-refractivity contribution in [1.82, 2.24) is 9.99 Å². The number of nitro benzene ring substituents is 1. The summed E-state index contributed by atoms with van der Waals surface area (Å²) in [5.74, 6) is -0.487. The molecule has 0 fully saturated rings. The van der Waals surface area contributed by atoms with Gasteiger partial charge in [0.1, 0.15) is 0 Å². The number of para-hydroxylation sites is 3. The number of carbonyl (C=O) groups is 1. The molecule has 3 rings (SSSR count). The normalized spacial score (nSPS) is 10.8. The van der Waals surface area contributed by atoms with Gasteiger partial charge in [-0.3, -0.25) is 14.9 Å². The summed E-state index contributed by atoms with van der Waals surface area (Å²) in [6.07, 6.45) is 1.56. The van der Waals surface area contributed by atoms with E-state index in [1.807, 2.05) is 50.2 Å². The van der Waals surface area contributed by atoms with Crippen molar-refractivity contribution in [1.29, 1.82) is 0 Å². The number of benzene rings is 2. The quantitative estimate of drug-likeness (QED) is 0.378. The molecule has 0 radical (unpaired) electrons. The largest absolute Gasteiger partial charge is 0.477 e. The second kappa shape index (κ2) is 8.83. The molecule has 0 atom stereocenters. The Morgan fingerprint density at radius 1 is 1.17 bits per heavy atom. The van der Waals surface area contributed by atoms with Crippen LogP contribution in [0.2, 0.25) is 0 Å². The number of amides is 1. The van der Waals surface area contributed by atoms with E-state index in [0.717, 1.165) is 22.6 Å². The molecule has 0 aliphatic carbocycles. The van der Waals surface area contributed by atoms with Gasteiger partial charge in [0.25, 0.3) is 5.91 Å². The summed E-state index contributed by atoms with van der Waals surface area (Å²) in [6, 6.07) is 17.8. The highest BCUT2D eigenvalue weighted by Crippen LogP contribution is 2.25. The van der Waals surface area contributed by atoms with Crippen LogP contribution in [0.3, 0.4) is 0 Å². The Morgan fingerprint density at radius 2 is 1.86 bits per heavy atom. The van der Waals surface area contributed by atoms with E-state index >= 15 is 0 Å². The molecule has 3 aromatic rings. The van der Waals surface area contributed by atoms with E-state index in [9.17, 15) is 14.9 Å². The fraction of sp³-hybridized carbons (Fsp3) is 0.143. The van der Waals surface area contributed by atoms with Crippen molar-refractivity contribution in [3.63, 3.8) is 0 Å². The maximum atomic E-state index is 11.9. The summed E-state index contributed by atoms with van der Waals surface area (Å²) in [5.41, 5.74) is 6.12. The van der Waals surface area contributed by atoms with E-state index in [0.29, 0.717) is 0 Å². The summed E-state index contributed by atoms with van der Waals surface area (Å²) in [4.78, 5) is 22.3. The standard InChI is InChI=1S/C21H20N4O4/c1-15-12-17(16(2)24(15)18-8-4-3-5-9-18)13-22-23-21(26)14-29-20-11-7-6-10-19(20)25(27)28/h3-13H,14H2,1-2H3,(H,23,26)/b22-13+. The summed E-state index contributed by atoms with van der Waals surface area (Å²) < 4.78 is 7.33. The predicted octanol–water partition coefficient (Wildman–Crippen LogP) is 3.53. The zero-order valence-corrected chi connectivity index (χ0v) is 16.0. The lowest BCUT2D eigenvalue weighted by atomic mass is 10.2. The maximum absolute atomic E-state index is 11.9. The lowest BCUT2D eigenvalue weighted by Crippen LogP contribution is -2.24. The molecule has 8 heteroatoms. The monoisotopic (exact) mass is 392 g/mol. The minimum atomic E-state index is -0.562. The average molecular weight is 392 g/mol. The molecule has 0 aliphatic heterocycles. The van der Waals surface area contributed by atoms with E-state index in [4.69, 9.17) is 4.74 Å².